The first kappa shape index (κ1) is 14.8. The lowest BCUT2D eigenvalue weighted by atomic mass is 9.95. The minimum atomic E-state index is -0.273. The Bertz CT molecular complexity index is 640. The predicted molar refractivity (Wildman–Crippen MR) is 85.2 cm³/mol. The van der Waals surface area contributed by atoms with Crippen LogP contribution in [0.3, 0.4) is 0 Å². The highest BCUT2D eigenvalue weighted by atomic mass is 19.1. The molecule has 3 heteroatoms. The molecule has 0 saturated carbocycles. The van der Waals surface area contributed by atoms with Crippen LogP contribution < -0.4 is 5.32 Å². The van der Waals surface area contributed by atoms with Crippen LogP contribution in [0.2, 0.25) is 0 Å². The zero-order valence-electron chi connectivity index (χ0n) is 12.7. The highest BCUT2D eigenvalue weighted by molar-refractivity contribution is 5.84. The second-order valence-corrected chi connectivity index (χ2v) is 5.89. The van der Waals surface area contributed by atoms with Crippen molar-refractivity contribution in [1.29, 1.82) is 0 Å². The van der Waals surface area contributed by atoms with E-state index in [1.807, 2.05) is 19.1 Å². The van der Waals surface area contributed by atoms with Crippen molar-refractivity contribution in [2.45, 2.75) is 38.1 Å². The van der Waals surface area contributed by atoms with Crippen molar-refractivity contribution in [2.24, 2.45) is 0 Å². The monoisotopic (exact) mass is 297 g/mol. The number of carbonyl (C=O) groups excluding carboxylic acids is 1. The van der Waals surface area contributed by atoms with Gasteiger partial charge in [-0.3, -0.25) is 4.79 Å². The van der Waals surface area contributed by atoms with Gasteiger partial charge in [-0.1, -0.05) is 43.3 Å². The van der Waals surface area contributed by atoms with Crippen LogP contribution in [0.25, 0.3) is 0 Å². The van der Waals surface area contributed by atoms with E-state index in [0.29, 0.717) is 6.42 Å². The maximum Gasteiger partial charge on any atom is 0.227 e. The van der Waals surface area contributed by atoms with Gasteiger partial charge in [-0.05, 0) is 48.1 Å². The van der Waals surface area contributed by atoms with E-state index in [1.165, 1.54) is 23.3 Å². The van der Waals surface area contributed by atoms with E-state index in [1.54, 1.807) is 12.1 Å². The molecule has 0 fully saturated rings. The fourth-order valence-corrected chi connectivity index (χ4v) is 3.23. The van der Waals surface area contributed by atoms with Gasteiger partial charge in [0, 0.05) is 6.04 Å². The number of benzene rings is 2. The van der Waals surface area contributed by atoms with Gasteiger partial charge < -0.3 is 5.32 Å². The molecule has 3 rings (SSSR count). The molecule has 1 unspecified atom stereocenters. The molecular formula is C19H20FNO. The molecule has 0 radical (unpaired) electrons. The van der Waals surface area contributed by atoms with Gasteiger partial charge in [-0.15, -0.1) is 0 Å². The van der Waals surface area contributed by atoms with Gasteiger partial charge in [0.25, 0.3) is 0 Å². The molecule has 114 valence electrons. The number of hydrogen-bond acceptors (Lipinski definition) is 1. The third-order valence-corrected chi connectivity index (χ3v) is 4.39. The standard InChI is InChI=1S/C19H20FNO/c1-2-18(13-7-9-16(20)10-8-13)19(22)21-17-11-14-5-3-4-6-15(14)12-17/h3-10,17-18H,2,11-12H2,1H3,(H,21,22). The first-order valence-electron chi connectivity index (χ1n) is 7.80. The minimum absolute atomic E-state index is 0.0342. The minimum Gasteiger partial charge on any atom is -0.352 e. The molecular weight excluding hydrogens is 277 g/mol. The zero-order chi connectivity index (χ0) is 15.5. The Labute approximate surface area is 130 Å². The number of carbonyl (C=O) groups is 1. The van der Waals surface area contributed by atoms with Gasteiger partial charge >= 0.3 is 0 Å². The fourth-order valence-electron chi connectivity index (χ4n) is 3.23. The summed E-state index contributed by atoms with van der Waals surface area (Å²) in [5.74, 6) is -0.457. The van der Waals surface area contributed by atoms with Gasteiger partial charge in [-0.25, -0.2) is 4.39 Å². The van der Waals surface area contributed by atoms with Crippen LogP contribution in [-0.4, -0.2) is 11.9 Å². The average molecular weight is 297 g/mol. The maximum absolute atomic E-state index is 13.0. The molecule has 0 saturated heterocycles. The van der Waals surface area contributed by atoms with Crippen molar-refractivity contribution in [2.75, 3.05) is 0 Å². The zero-order valence-corrected chi connectivity index (χ0v) is 12.7. The molecule has 0 heterocycles. The van der Waals surface area contributed by atoms with Crippen LogP contribution in [0, 0.1) is 5.82 Å². The Kier molecular flexibility index (Phi) is 4.23. The summed E-state index contributed by atoms with van der Waals surface area (Å²) in [6.07, 6.45) is 2.49. The number of halogens is 1. The predicted octanol–water partition coefficient (Wildman–Crippen LogP) is 3.60. The van der Waals surface area contributed by atoms with E-state index < -0.39 is 0 Å². The third kappa shape index (κ3) is 3.03. The summed E-state index contributed by atoms with van der Waals surface area (Å²) in [6, 6.07) is 14.7. The van der Waals surface area contributed by atoms with Crippen LogP contribution in [0.1, 0.15) is 36.0 Å². The summed E-state index contributed by atoms with van der Waals surface area (Å²) < 4.78 is 13.0. The summed E-state index contributed by atoms with van der Waals surface area (Å²) in [5, 5.41) is 3.16. The summed E-state index contributed by atoms with van der Waals surface area (Å²) >= 11 is 0. The number of rotatable bonds is 4. The highest BCUT2D eigenvalue weighted by Gasteiger charge is 2.26. The molecule has 22 heavy (non-hydrogen) atoms. The Morgan fingerprint density at radius 3 is 2.27 bits per heavy atom. The summed E-state index contributed by atoms with van der Waals surface area (Å²) in [6.45, 7) is 1.98. The lowest BCUT2D eigenvalue weighted by molar-refractivity contribution is -0.123. The lowest BCUT2D eigenvalue weighted by Gasteiger charge is -2.19. The van der Waals surface area contributed by atoms with Crippen LogP contribution in [0.4, 0.5) is 4.39 Å². The van der Waals surface area contributed by atoms with Gasteiger partial charge in [0.1, 0.15) is 5.82 Å². The second-order valence-electron chi connectivity index (χ2n) is 5.89. The Balaban J connectivity index is 1.67. The van der Waals surface area contributed by atoms with Crippen molar-refractivity contribution in [1.82, 2.24) is 5.32 Å². The van der Waals surface area contributed by atoms with E-state index in [-0.39, 0.29) is 23.7 Å². The topological polar surface area (TPSA) is 29.1 Å². The Morgan fingerprint density at radius 1 is 1.14 bits per heavy atom. The van der Waals surface area contributed by atoms with Gasteiger partial charge in [0.2, 0.25) is 5.91 Å². The molecule has 1 aliphatic carbocycles. The van der Waals surface area contributed by atoms with E-state index in [2.05, 4.69) is 17.4 Å². The van der Waals surface area contributed by atoms with E-state index >= 15 is 0 Å². The van der Waals surface area contributed by atoms with E-state index in [4.69, 9.17) is 0 Å². The van der Waals surface area contributed by atoms with Crippen LogP contribution >= 0.6 is 0 Å². The molecule has 1 atom stereocenters. The normalized spacial score (nSPS) is 15.4. The fraction of sp³-hybridized carbons (Fsp3) is 0.316. The molecule has 2 nitrogen and oxygen atoms in total. The van der Waals surface area contributed by atoms with Gasteiger partial charge in [-0.2, -0.15) is 0 Å². The Hall–Kier alpha value is -2.16. The summed E-state index contributed by atoms with van der Waals surface area (Å²) in [5.41, 5.74) is 3.52. The van der Waals surface area contributed by atoms with E-state index in [0.717, 1.165) is 18.4 Å². The summed E-state index contributed by atoms with van der Waals surface area (Å²) in [7, 11) is 0. The van der Waals surface area contributed by atoms with Crippen molar-refractivity contribution in [3.8, 4) is 0 Å². The maximum atomic E-state index is 13.0. The molecule has 1 aliphatic rings. The van der Waals surface area contributed by atoms with Crippen molar-refractivity contribution < 1.29 is 9.18 Å². The van der Waals surface area contributed by atoms with Gasteiger partial charge in [0.05, 0.1) is 5.92 Å². The quantitative estimate of drug-likeness (QED) is 0.918. The van der Waals surface area contributed by atoms with Crippen LogP contribution in [-0.2, 0) is 17.6 Å². The van der Waals surface area contributed by atoms with Crippen LogP contribution in [0.5, 0.6) is 0 Å². The van der Waals surface area contributed by atoms with Crippen LogP contribution in [0.15, 0.2) is 48.5 Å². The van der Waals surface area contributed by atoms with Crippen molar-refractivity contribution in [3.63, 3.8) is 0 Å². The largest absolute Gasteiger partial charge is 0.352 e. The molecule has 1 N–H and O–H groups in total. The molecule has 2 aromatic carbocycles. The number of nitrogens with one attached hydrogen (secondary N) is 1. The third-order valence-electron chi connectivity index (χ3n) is 4.39. The average Bonchev–Trinajstić information content (AvgIpc) is 2.92. The van der Waals surface area contributed by atoms with Crippen molar-refractivity contribution >= 4 is 5.91 Å². The number of fused-ring (bicyclic) bond motifs is 1. The second kappa shape index (κ2) is 6.30. The molecule has 0 aromatic heterocycles. The number of hydrogen-bond donors (Lipinski definition) is 1. The van der Waals surface area contributed by atoms with Gasteiger partial charge in [0.15, 0.2) is 0 Å². The molecule has 0 spiro atoms. The molecule has 0 aliphatic heterocycles. The van der Waals surface area contributed by atoms with E-state index in [9.17, 15) is 9.18 Å². The summed E-state index contributed by atoms with van der Waals surface area (Å²) in [4.78, 5) is 12.6. The SMILES string of the molecule is CCC(C(=O)NC1Cc2ccccc2C1)c1ccc(F)cc1. The molecule has 2 aromatic rings. The highest BCUT2D eigenvalue weighted by Crippen LogP contribution is 2.24. The smallest absolute Gasteiger partial charge is 0.227 e. The first-order chi connectivity index (χ1) is 10.7. The van der Waals surface area contributed by atoms with Crippen molar-refractivity contribution in [3.05, 3.63) is 71.0 Å². The number of amides is 1. The first-order valence-corrected chi connectivity index (χ1v) is 7.80. The Morgan fingerprint density at radius 2 is 1.73 bits per heavy atom. The molecule has 1 amide bonds. The lowest BCUT2D eigenvalue weighted by Crippen LogP contribution is -2.38. The molecule has 0 bridgehead atoms.